The van der Waals surface area contributed by atoms with Crippen molar-refractivity contribution in [1.82, 2.24) is 9.97 Å². The topological polar surface area (TPSA) is 55.2 Å². The molecule has 3 aromatic rings. The summed E-state index contributed by atoms with van der Waals surface area (Å²) >= 11 is 6.18. The summed E-state index contributed by atoms with van der Waals surface area (Å²) < 4.78 is 5.30. The molecule has 1 aliphatic rings. The van der Waals surface area contributed by atoms with Crippen LogP contribution >= 0.6 is 11.6 Å². The average Bonchev–Trinajstić information content (AvgIpc) is 2.97. The molecule has 1 aromatic heterocycles. The number of fused-ring (bicyclic) bond motifs is 2. The second-order valence-corrected chi connectivity index (χ2v) is 6.14. The summed E-state index contributed by atoms with van der Waals surface area (Å²) in [6.07, 6.45) is 3.53. The predicted molar refractivity (Wildman–Crippen MR) is 89.4 cm³/mol. The Balaban J connectivity index is 1.93. The molecule has 2 aromatic carbocycles. The maximum atomic E-state index is 9.96. The van der Waals surface area contributed by atoms with Crippen LogP contribution in [0.3, 0.4) is 0 Å². The number of phenols is 1. The van der Waals surface area contributed by atoms with Gasteiger partial charge >= 0.3 is 0 Å². The Kier molecular flexibility index (Phi) is 3.34. The summed E-state index contributed by atoms with van der Waals surface area (Å²) in [6.45, 7) is 0. The van der Waals surface area contributed by atoms with Gasteiger partial charge in [0.05, 0.1) is 12.8 Å². The number of aromatic hydroxyl groups is 1. The molecule has 1 atom stereocenters. The van der Waals surface area contributed by atoms with Gasteiger partial charge in [-0.2, -0.15) is 0 Å². The van der Waals surface area contributed by atoms with Crippen LogP contribution in [0.4, 0.5) is 0 Å². The molecule has 0 spiro atoms. The molecule has 5 heteroatoms. The van der Waals surface area contributed by atoms with E-state index in [0.29, 0.717) is 11.3 Å². The third kappa shape index (κ3) is 2.21. The molecule has 0 aliphatic heterocycles. The summed E-state index contributed by atoms with van der Waals surface area (Å²) in [5, 5.41) is 11.6. The van der Waals surface area contributed by atoms with Gasteiger partial charge in [-0.05, 0) is 48.2 Å². The molecule has 0 saturated heterocycles. The van der Waals surface area contributed by atoms with Crippen molar-refractivity contribution in [3.05, 3.63) is 58.5 Å². The third-order valence-corrected chi connectivity index (χ3v) is 4.73. The monoisotopic (exact) mass is 326 g/mol. The molecule has 4 nitrogen and oxygen atoms in total. The van der Waals surface area contributed by atoms with E-state index < -0.39 is 0 Å². The Labute approximate surface area is 138 Å². The van der Waals surface area contributed by atoms with Gasteiger partial charge in [0.25, 0.3) is 0 Å². The Morgan fingerprint density at radius 1 is 1.22 bits per heavy atom. The minimum Gasteiger partial charge on any atom is -0.504 e. The fourth-order valence-corrected chi connectivity index (χ4v) is 3.63. The standard InChI is InChI=1S/C18H15ClN2O2/c1-23-18-15(22)7-6-13-16(20-9-21-17(13)18)12-5-3-10-2-4-11(19)8-14(10)12/h2,4,6-9,12,22H,3,5H2,1H3/t12-/m0/s1. The first-order chi connectivity index (χ1) is 11.2. The van der Waals surface area contributed by atoms with E-state index >= 15 is 0 Å². The highest BCUT2D eigenvalue weighted by Gasteiger charge is 2.27. The van der Waals surface area contributed by atoms with Crippen molar-refractivity contribution in [3.8, 4) is 11.5 Å². The summed E-state index contributed by atoms with van der Waals surface area (Å²) in [4.78, 5) is 8.83. The van der Waals surface area contributed by atoms with Gasteiger partial charge in [0.1, 0.15) is 11.8 Å². The van der Waals surface area contributed by atoms with Gasteiger partial charge in [0, 0.05) is 16.3 Å². The van der Waals surface area contributed by atoms with Crippen molar-refractivity contribution in [2.45, 2.75) is 18.8 Å². The number of rotatable bonds is 2. The minimum atomic E-state index is 0.0829. The smallest absolute Gasteiger partial charge is 0.187 e. The molecule has 4 rings (SSSR count). The highest BCUT2D eigenvalue weighted by Crippen LogP contribution is 2.42. The molecule has 1 heterocycles. The molecular formula is C18H15ClN2O2. The van der Waals surface area contributed by atoms with Gasteiger partial charge in [0.15, 0.2) is 11.5 Å². The molecule has 0 amide bonds. The first-order valence-electron chi connectivity index (χ1n) is 7.48. The number of methoxy groups -OCH3 is 1. The zero-order valence-corrected chi connectivity index (χ0v) is 13.3. The lowest BCUT2D eigenvalue weighted by atomic mass is 9.94. The van der Waals surface area contributed by atoms with E-state index in [0.717, 1.165) is 28.9 Å². The summed E-state index contributed by atoms with van der Waals surface area (Å²) in [5.41, 5.74) is 4.13. The Hall–Kier alpha value is -2.33. The molecule has 116 valence electrons. The van der Waals surface area contributed by atoms with E-state index in [-0.39, 0.29) is 11.7 Å². The zero-order chi connectivity index (χ0) is 16.0. The Bertz CT molecular complexity index is 911. The molecule has 0 fully saturated rings. The van der Waals surface area contributed by atoms with Crippen LogP contribution in [0.25, 0.3) is 10.9 Å². The second kappa shape index (κ2) is 5.39. The van der Waals surface area contributed by atoms with Crippen molar-refractivity contribution in [3.63, 3.8) is 0 Å². The maximum Gasteiger partial charge on any atom is 0.187 e. The SMILES string of the molecule is COc1c(O)ccc2c([C@H]3CCc4ccc(Cl)cc43)ncnc12. The summed E-state index contributed by atoms with van der Waals surface area (Å²) in [6, 6.07) is 9.53. The van der Waals surface area contributed by atoms with Crippen molar-refractivity contribution >= 4 is 22.5 Å². The van der Waals surface area contributed by atoms with Crippen LogP contribution in [0, 0.1) is 0 Å². The summed E-state index contributed by atoms with van der Waals surface area (Å²) in [7, 11) is 1.53. The fraction of sp³-hybridized carbons (Fsp3) is 0.222. The number of benzene rings is 2. The minimum absolute atomic E-state index is 0.0829. The third-order valence-electron chi connectivity index (χ3n) is 4.49. The number of halogens is 1. The van der Waals surface area contributed by atoms with Gasteiger partial charge < -0.3 is 9.84 Å². The van der Waals surface area contributed by atoms with E-state index in [1.165, 1.54) is 24.6 Å². The molecule has 1 aliphatic carbocycles. The summed E-state index contributed by atoms with van der Waals surface area (Å²) in [5.74, 6) is 0.651. The van der Waals surface area contributed by atoms with Crippen molar-refractivity contribution < 1.29 is 9.84 Å². The van der Waals surface area contributed by atoms with Gasteiger partial charge in [-0.1, -0.05) is 17.7 Å². The highest BCUT2D eigenvalue weighted by atomic mass is 35.5. The van der Waals surface area contributed by atoms with E-state index in [1.807, 2.05) is 18.2 Å². The number of ether oxygens (including phenoxy) is 1. The van der Waals surface area contributed by atoms with E-state index in [9.17, 15) is 5.11 Å². The molecule has 0 unspecified atom stereocenters. The van der Waals surface area contributed by atoms with Crippen molar-refractivity contribution in [2.75, 3.05) is 7.11 Å². The Morgan fingerprint density at radius 2 is 2.09 bits per heavy atom. The van der Waals surface area contributed by atoms with Crippen molar-refractivity contribution in [1.29, 1.82) is 0 Å². The highest BCUT2D eigenvalue weighted by molar-refractivity contribution is 6.30. The van der Waals surface area contributed by atoms with Crippen LogP contribution in [0.2, 0.25) is 5.02 Å². The fourth-order valence-electron chi connectivity index (χ4n) is 3.45. The predicted octanol–water partition coefficient (Wildman–Crippen LogP) is 4.08. The first kappa shape index (κ1) is 14.3. The molecule has 0 saturated carbocycles. The molecule has 1 N–H and O–H groups in total. The first-order valence-corrected chi connectivity index (χ1v) is 7.85. The van der Waals surface area contributed by atoms with E-state index in [1.54, 1.807) is 6.07 Å². The second-order valence-electron chi connectivity index (χ2n) is 5.71. The number of nitrogens with zero attached hydrogens (tertiary/aromatic N) is 2. The molecule has 0 radical (unpaired) electrons. The number of aromatic nitrogens is 2. The lowest BCUT2D eigenvalue weighted by molar-refractivity contribution is 0.377. The molecule has 23 heavy (non-hydrogen) atoms. The van der Waals surface area contributed by atoms with Crippen LogP contribution in [0.15, 0.2) is 36.7 Å². The molecule has 0 bridgehead atoms. The quantitative estimate of drug-likeness (QED) is 0.771. The van der Waals surface area contributed by atoms with E-state index in [4.69, 9.17) is 16.3 Å². The van der Waals surface area contributed by atoms with Gasteiger partial charge in [0.2, 0.25) is 0 Å². The van der Waals surface area contributed by atoms with E-state index in [2.05, 4.69) is 16.0 Å². The number of hydrogen-bond acceptors (Lipinski definition) is 4. The van der Waals surface area contributed by atoms with Crippen molar-refractivity contribution in [2.24, 2.45) is 0 Å². The number of hydrogen-bond donors (Lipinski definition) is 1. The number of phenolic OH excluding ortho intramolecular Hbond substituents is 1. The van der Waals surface area contributed by atoms with Gasteiger partial charge in [-0.25, -0.2) is 9.97 Å². The Morgan fingerprint density at radius 3 is 2.91 bits per heavy atom. The van der Waals surface area contributed by atoms with Crippen LogP contribution < -0.4 is 4.74 Å². The van der Waals surface area contributed by atoms with Crippen LogP contribution in [0.1, 0.15) is 29.2 Å². The number of aryl methyl sites for hydroxylation is 1. The van der Waals surface area contributed by atoms with Crippen LogP contribution in [-0.4, -0.2) is 22.2 Å². The molecular weight excluding hydrogens is 312 g/mol. The normalized spacial score (nSPS) is 16.5. The lowest BCUT2D eigenvalue weighted by Crippen LogP contribution is -2.02. The largest absolute Gasteiger partial charge is 0.504 e. The zero-order valence-electron chi connectivity index (χ0n) is 12.6. The van der Waals surface area contributed by atoms with Crippen LogP contribution in [-0.2, 0) is 6.42 Å². The van der Waals surface area contributed by atoms with Gasteiger partial charge in [-0.15, -0.1) is 0 Å². The lowest BCUT2D eigenvalue weighted by Gasteiger charge is -2.15. The maximum absolute atomic E-state index is 9.96. The average molecular weight is 327 g/mol. The van der Waals surface area contributed by atoms with Gasteiger partial charge in [-0.3, -0.25) is 0 Å². The van der Waals surface area contributed by atoms with Crippen LogP contribution in [0.5, 0.6) is 11.5 Å².